The van der Waals surface area contributed by atoms with Gasteiger partial charge in [0, 0.05) is 19.2 Å². The standard InChI is InChI=1S/C12H23NO3/c1-10(9-14)7-13(8-12(15)16-2)11-5-3-4-6-11/h10-11,14H,3-9H2,1-2H3. The topological polar surface area (TPSA) is 49.8 Å². The highest BCUT2D eigenvalue weighted by Crippen LogP contribution is 2.24. The number of hydrogen-bond acceptors (Lipinski definition) is 4. The number of aliphatic hydroxyl groups excluding tert-OH is 1. The van der Waals surface area contributed by atoms with E-state index in [4.69, 9.17) is 9.84 Å². The molecule has 1 aliphatic rings. The highest BCUT2D eigenvalue weighted by molar-refractivity contribution is 5.71. The molecule has 0 aromatic heterocycles. The molecule has 1 fully saturated rings. The smallest absolute Gasteiger partial charge is 0.319 e. The monoisotopic (exact) mass is 229 g/mol. The summed E-state index contributed by atoms with van der Waals surface area (Å²) in [5.41, 5.74) is 0. The van der Waals surface area contributed by atoms with Crippen LogP contribution in [0.1, 0.15) is 32.6 Å². The Balaban J connectivity index is 2.49. The Kier molecular flexibility index (Phi) is 5.77. The Morgan fingerprint density at radius 3 is 2.62 bits per heavy atom. The zero-order chi connectivity index (χ0) is 12.0. The maximum Gasteiger partial charge on any atom is 0.319 e. The fourth-order valence-corrected chi connectivity index (χ4v) is 2.30. The van der Waals surface area contributed by atoms with Crippen LogP contribution in [0, 0.1) is 5.92 Å². The van der Waals surface area contributed by atoms with Crippen LogP contribution in [0.5, 0.6) is 0 Å². The minimum absolute atomic E-state index is 0.171. The molecule has 1 unspecified atom stereocenters. The largest absolute Gasteiger partial charge is 0.468 e. The first-order valence-corrected chi connectivity index (χ1v) is 6.09. The van der Waals surface area contributed by atoms with Gasteiger partial charge in [-0.2, -0.15) is 0 Å². The summed E-state index contributed by atoms with van der Waals surface area (Å²) in [5, 5.41) is 9.07. The van der Waals surface area contributed by atoms with Gasteiger partial charge in [-0.3, -0.25) is 9.69 Å². The first-order chi connectivity index (χ1) is 7.67. The third-order valence-electron chi connectivity index (χ3n) is 3.26. The molecule has 0 aliphatic heterocycles. The van der Waals surface area contributed by atoms with Gasteiger partial charge in [-0.15, -0.1) is 0 Å². The number of methoxy groups -OCH3 is 1. The summed E-state index contributed by atoms with van der Waals surface area (Å²) < 4.78 is 4.71. The Bertz CT molecular complexity index is 214. The van der Waals surface area contributed by atoms with Crippen LogP contribution < -0.4 is 0 Å². The summed E-state index contributed by atoms with van der Waals surface area (Å²) in [7, 11) is 1.42. The lowest BCUT2D eigenvalue weighted by Crippen LogP contribution is -2.41. The SMILES string of the molecule is COC(=O)CN(CC(C)CO)C1CCCC1. The van der Waals surface area contributed by atoms with E-state index in [1.54, 1.807) is 0 Å². The predicted octanol–water partition coefficient (Wildman–Crippen LogP) is 1.03. The number of carbonyl (C=O) groups is 1. The minimum atomic E-state index is -0.183. The summed E-state index contributed by atoms with van der Waals surface area (Å²) >= 11 is 0. The molecule has 0 aromatic carbocycles. The van der Waals surface area contributed by atoms with Gasteiger partial charge >= 0.3 is 5.97 Å². The molecule has 16 heavy (non-hydrogen) atoms. The number of rotatable bonds is 6. The maximum absolute atomic E-state index is 11.3. The second-order valence-corrected chi connectivity index (χ2v) is 4.73. The van der Waals surface area contributed by atoms with Crippen molar-refractivity contribution in [1.29, 1.82) is 0 Å². The molecule has 1 N–H and O–H groups in total. The van der Waals surface area contributed by atoms with Crippen LogP contribution in [0.2, 0.25) is 0 Å². The molecule has 0 radical (unpaired) electrons. The third-order valence-corrected chi connectivity index (χ3v) is 3.26. The molecular weight excluding hydrogens is 206 g/mol. The van der Waals surface area contributed by atoms with Crippen LogP contribution in [0.3, 0.4) is 0 Å². The Morgan fingerprint density at radius 2 is 2.12 bits per heavy atom. The van der Waals surface area contributed by atoms with Gasteiger partial charge in [0.05, 0.1) is 13.7 Å². The van der Waals surface area contributed by atoms with Crippen molar-refractivity contribution in [3.63, 3.8) is 0 Å². The number of aliphatic hydroxyl groups is 1. The zero-order valence-corrected chi connectivity index (χ0v) is 10.3. The molecule has 0 aromatic rings. The van der Waals surface area contributed by atoms with E-state index in [1.807, 2.05) is 6.92 Å². The van der Waals surface area contributed by atoms with Crippen LogP contribution in [-0.2, 0) is 9.53 Å². The summed E-state index contributed by atoms with van der Waals surface area (Å²) in [5.74, 6) is 0.0299. The van der Waals surface area contributed by atoms with Gasteiger partial charge < -0.3 is 9.84 Å². The lowest BCUT2D eigenvalue weighted by Gasteiger charge is -2.29. The third kappa shape index (κ3) is 4.10. The van der Waals surface area contributed by atoms with Crippen LogP contribution in [0.15, 0.2) is 0 Å². The predicted molar refractivity (Wildman–Crippen MR) is 62.1 cm³/mol. The van der Waals surface area contributed by atoms with E-state index in [0.29, 0.717) is 12.6 Å². The summed E-state index contributed by atoms with van der Waals surface area (Å²) in [6, 6.07) is 0.494. The van der Waals surface area contributed by atoms with E-state index in [2.05, 4.69) is 4.90 Å². The quantitative estimate of drug-likeness (QED) is 0.691. The van der Waals surface area contributed by atoms with Crippen LogP contribution in [0.25, 0.3) is 0 Å². The van der Waals surface area contributed by atoms with E-state index in [-0.39, 0.29) is 18.5 Å². The molecule has 0 saturated heterocycles. The van der Waals surface area contributed by atoms with E-state index in [1.165, 1.54) is 20.0 Å². The van der Waals surface area contributed by atoms with Gasteiger partial charge in [-0.25, -0.2) is 0 Å². The fraction of sp³-hybridized carbons (Fsp3) is 0.917. The maximum atomic E-state index is 11.3. The molecule has 1 rings (SSSR count). The molecule has 4 heteroatoms. The van der Waals surface area contributed by atoms with Crippen molar-refractivity contribution < 1.29 is 14.6 Å². The average molecular weight is 229 g/mol. The minimum Gasteiger partial charge on any atom is -0.468 e. The van der Waals surface area contributed by atoms with E-state index < -0.39 is 0 Å². The summed E-state index contributed by atoms with van der Waals surface area (Å²) in [6.45, 7) is 3.30. The number of nitrogens with zero attached hydrogens (tertiary/aromatic N) is 1. The zero-order valence-electron chi connectivity index (χ0n) is 10.3. The van der Waals surface area contributed by atoms with Crippen molar-refractivity contribution in [2.45, 2.75) is 38.6 Å². The molecule has 0 heterocycles. The van der Waals surface area contributed by atoms with Crippen molar-refractivity contribution in [2.24, 2.45) is 5.92 Å². The molecule has 1 saturated carbocycles. The first kappa shape index (κ1) is 13.5. The van der Waals surface area contributed by atoms with Crippen LogP contribution >= 0.6 is 0 Å². The van der Waals surface area contributed by atoms with Gasteiger partial charge in [-0.1, -0.05) is 19.8 Å². The molecule has 0 bridgehead atoms. The van der Waals surface area contributed by atoms with Crippen molar-refractivity contribution in [3.8, 4) is 0 Å². The number of ether oxygens (including phenoxy) is 1. The average Bonchev–Trinajstić information content (AvgIpc) is 2.81. The van der Waals surface area contributed by atoms with Gasteiger partial charge in [0.1, 0.15) is 0 Å². The van der Waals surface area contributed by atoms with Crippen molar-refractivity contribution >= 4 is 5.97 Å². The lowest BCUT2D eigenvalue weighted by atomic mass is 10.1. The second-order valence-electron chi connectivity index (χ2n) is 4.73. The Hall–Kier alpha value is -0.610. The van der Waals surface area contributed by atoms with Crippen molar-refractivity contribution in [3.05, 3.63) is 0 Å². The molecule has 1 aliphatic carbocycles. The Labute approximate surface area is 97.6 Å². The molecule has 1 atom stereocenters. The molecule has 4 nitrogen and oxygen atoms in total. The summed E-state index contributed by atoms with van der Waals surface area (Å²) in [6.07, 6.45) is 4.82. The van der Waals surface area contributed by atoms with E-state index in [9.17, 15) is 4.79 Å². The fourth-order valence-electron chi connectivity index (χ4n) is 2.30. The van der Waals surface area contributed by atoms with Gasteiger partial charge in [-0.05, 0) is 18.8 Å². The van der Waals surface area contributed by atoms with Crippen molar-refractivity contribution in [2.75, 3.05) is 26.8 Å². The summed E-state index contributed by atoms with van der Waals surface area (Å²) in [4.78, 5) is 13.5. The molecule has 94 valence electrons. The number of esters is 1. The molecular formula is C12H23NO3. The second kappa shape index (κ2) is 6.86. The first-order valence-electron chi connectivity index (χ1n) is 6.09. The highest BCUT2D eigenvalue weighted by Gasteiger charge is 2.25. The molecule has 0 spiro atoms. The van der Waals surface area contributed by atoms with E-state index in [0.717, 1.165) is 19.4 Å². The van der Waals surface area contributed by atoms with E-state index >= 15 is 0 Å². The number of carbonyl (C=O) groups excluding carboxylic acids is 1. The van der Waals surface area contributed by atoms with Crippen LogP contribution in [0.4, 0.5) is 0 Å². The highest BCUT2D eigenvalue weighted by atomic mass is 16.5. The van der Waals surface area contributed by atoms with Gasteiger partial charge in [0.2, 0.25) is 0 Å². The normalized spacial score (nSPS) is 19.0. The van der Waals surface area contributed by atoms with Crippen LogP contribution in [-0.4, -0.2) is 48.8 Å². The number of hydrogen-bond donors (Lipinski definition) is 1. The Morgan fingerprint density at radius 1 is 1.50 bits per heavy atom. The molecule has 0 amide bonds. The van der Waals surface area contributed by atoms with Crippen molar-refractivity contribution in [1.82, 2.24) is 4.90 Å². The van der Waals surface area contributed by atoms with Gasteiger partial charge in [0.25, 0.3) is 0 Å². The lowest BCUT2D eigenvalue weighted by molar-refractivity contribution is -0.142. The van der Waals surface area contributed by atoms with Gasteiger partial charge in [0.15, 0.2) is 0 Å².